The highest BCUT2D eigenvalue weighted by atomic mass is 16.5. The summed E-state index contributed by atoms with van der Waals surface area (Å²) >= 11 is 0. The molecule has 0 atom stereocenters. The minimum absolute atomic E-state index is 0.383. The van der Waals surface area contributed by atoms with Crippen LogP contribution in [0, 0.1) is 0 Å². The molecular weight excluding hydrogens is 400 g/mol. The number of benzene rings is 4. The normalized spacial score (nSPS) is 10.2. The SMILES string of the molecule is C=COC(=O)c1ccc(-c2ccc(-c3ccc(OC(=O)c4ccccc4)cc3)cc2)cc1. The zero-order chi connectivity index (χ0) is 22.3. The third-order valence-electron chi connectivity index (χ3n) is 4.94. The summed E-state index contributed by atoms with van der Waals surface area (Å²) in [5.74, 6) is -0.319. The second-order valence-corrected chi connectivity index (χ2v) is 7.01. The van der Waals surface area contributed by atoms with Crippen LogP contribution in [-0.2, 0) is 4.74 Å². The van der Waals surface area contributed by atoms with Crippen molar-refractivity contribution >= 4 is 11.9 Å². The average molecular weight is 420 g/mol. The molecule has 0 aliphatic heterocycles. The fourth-order valence-corrected chi connectivity index (χ4v) is 3.25. The van der Waals surface area contributed by atoms with Crippen LogP contribution in [-0.4, -0.2) is 11.9 Å². The summed E-state index contributed by atoms with van der Waals surface area (Å²) in [6, 6.07) is 31.6. The zero-order valence-corrected chi connectivity index (χ0v) is 17.2. The highest BCUT2D eigenvalue weighted by Gasteiger charge is 2.09. The summed E-state index contributed by atoms with van der Waals surface area (Å²) in [7, 11) is 0. The maximum absolute atomic E-state index is 12.2. The fourth-order valence-electron chi connectivity index (χ4n) is 3.25. The van der Waals surface area contributed by atoms with Gasteiger partial charge in [-0.3, -0.25) is 0 Å². The maximum Gasteiger partial charge on any atom is 0.343 e. The van der Waals surface area contributed by atoms with E-state index < -0.39 is 5.97 Å². The Bertz CT molecular complexity index is 1220. The first-order valence-electron chi connectivity index (χ1n) is 10.0. The van der Waals surface area contributed by atoms with Crippen molar-refractivity contribution in [2.75, 3.05) is 0 Å². The van der Waals surface area contributed by atoms with Crippen molar-refractivity contribution in [3.63, 3.8) is 0 Å². The van der Waals surface area contributed by atoms with Crippen LogP contribution < -0.4 is 4.74 Å². The predicted molar refractivity (Wildman–Crippen MR) is 124 cm³/mol. The monoisotopic (exact) mass is 420 g/mol. The lowest BCUT2D eigenvalue weighted by Crippen LogP contribution is -2.07. The van der Waals surface area contributed by atoms with E-state index in [-0.39, 0.29) is 5.97 Å². The van der Waals surface area contributed by atoms with E-state index >= 15 is 0 Å². The van der Waals surface area contributed by atoms with Gasteiger partial charge in [0.05, 0.1) is 17.4 Å². The fraction of sp³-hybridized carbons (Fsp3) is 0. The summed E-state index contributed by atoms with van der Waals surface area (Å²) in [5.41, 5.74) is 5.07. The lowest BCUT2D eigenvalue weighted by Gasteiger charge is -2.08. The van der Waals surface area contributed by atoms with E-state index in [1.54, 1.807) is 48.5 Å². The van der Waals surface area contributed by atoms with Gasteiger partial charge in [-0.05, 0) is 58.7 Å². The highest BCUT2D eigenvalue weighted by Crippen LogP contribution is 2.27. The quantitative estimate of drug-likeness (QED) is 0.202. The number of ether oxygens (including phenoxy) is 2. The first-order valence-corrected chi connectivity index (χ1v) is 10.0. The van der Waals surface area contributed by atoms with Crippen molar-refractivity contribution < 1.29 is 19.1 Å². The van der Waals surface area contributed by atoms with Crippen LogP contribution in [0.15, 0.2) is 116 Å². The molecule has 0 amide bonds. The molecule has 0 aliphatic carbocycles. The lowest BCUT2D eigenvalue weighted by atomic mass is 9.99. The Morgan fingerprint density at radius 1 is 0.562 bits per heavy atom. The minimum atomic E-state index is -0.431. The van der Waals surface area contributed by atoms with Gasteiger partial charge in [0, 0.05) is 0 Å². The van der Waals surface area contributed by atoms with Gasteiger partial charge in [0.25, 0.3) is 0 Å². The van der Waals surface area contributed by atoms with E-state index in [9.17, 15) is 9.59 Å². The minimum Gasteiger partial charge on any atom is -0.432 e. The molecule has 32 heavy (non-hydrogen) atoms. The summed E-state index contributed by atoms with van der Waals surface area (Å²) < 4.78 is 10.2. The van der Waals surface area contributed by atoms with Gasteiger partial charge >= 0.3 is 11.9 Å². The molecule has 0 saturated carbocycles. The van der Waals surface area contributed by atoms with E-state index in [0.717, 1.165) is 28.5 Å². The van der Waals surface area contributed by atoms with Crippen LogP contribution in [0.2, 0.25) is 0 Å². The molecule has 0 aliphatic rings. The van der Waals surface area contributed by atoms with Crippen LogP contribution in [0.25, 0.3) is 22.3 Å². The molecule has 4 aromatic rings. The van der Waals surface area contributed by atoms with E-state index in [4.69, 9.17) is 9.47 Å². The zero-order valence-electron chi connectivity index (χ0n) is 17.2. The van der Waals surface area contributed by atoms with Crippen molar-refractivity contribution in [2.45, 2.75) is 0 Å². The van der Waals surface area contributed by atoms with E-state index in [2.05, 4.69) is 6.58 Å². The Labute approximate surface area is 186 Å². The maximum atomic E-state index is 12.2. The number of carbonyl (C=O) groups is 2. The molecule has 4 heteroatoms. The predicted octanol–water partition coefficient (Wildman–Crippen LogP) is 6.54. The van der Waals surface area contributed by atoms with Gasteiger partial charge in [-0.1, -0.05) is 73.3 Å². The Morgan fingerprint density at radius 2 is 1.00 bits per heavy atom. The van der Waals surface area contributed by atoms with Crippen LogP contribution in [0.5, 0.6) is 5.75 Å². The van der Waals surface area contributed by atoms with Gasteiger partial charge in [-0.2, -0.15) is 0 Å². The lowest BCUT2D eigenvalue weighted by molar-refractivity contribution is 0.0663. The van der Waals surface area contributed by atoms with Gasteiger partial charge in [0.1, 0.15) is 5.75 Å². The van der Waals surface area contributed by atoms with Crippen molar-refractivity contribution in [2.24, 2.45) is 0 Å². The first kappa shape index (κ1) is 20.8. The Kier molecular flexibility index (Phi) is 6.23. The standard InChI is InChI=1S/C28H20O4/c1-2-31-27(29)25-14-12-22(13-15-25)20-8-10-21(11-9-20)23-16-18-26(19-17-23)32-28(30)24-6-4-3-5-7-24/h2-19H,1H2. The number of hydrogen-bond acceptors (Lipinski definition) is 4. The molecule has 0 unspecified atom stereocenters. The number of hydrogen-bond donors (Lipinski definition) is 0. The molecule has 0 aromatic heterocycles. The Hall–Kier alpha value is -4.44. The molecule has 0 fully saturated rings. The molecule has 0 heterocycles. The largest absolute Gasteiger partial charge is 0.432 e. The molecule has 156 valence electrons. The Morgan fingerprint density at radius 3 is 1.50 bits per heavy atom. The van der Waals surface area contributed by atoms with Gasteiger partial charge in [0.15, 0.2) is 0 Å². The van der Waals surface area contributed by atoms with Gasteiger partial charge in [-0.15, -0.1) is 0 Å². The van der Waals surface area contributed by atoms with Crippen LogP contribution in [0.3, 0.4) is 0 Å². The van der Waals surface area contributed by atoms with Gasteiger partial charge < -0.3 is 9.47 Å². The van der Waals surface area contributed by atoms with Crippen molar-refractivity contribution in [1.29, 1.82) is 0 Å². The van der Waals surface area contributed by atoms with Crippen LogP contribution >= 0.6 is 0 Å². The summed E-state index contributed by atoms with van der Waals surface area (Å²) in [6.45, 7) is 3.39. The van der Waals surface area contributed by atoms with E-state index in [0.29, 0.717) is 16.9 Å². The Balaban J connectivity index is 1.44. The van der Waals surface area contributed by atoms with Crippen LogP contribution in [0.4, 0.5) is 0 Å². The third kappa shape index (κ3) is 4.82. The van der Waals surface area contributed by atoms with Gasteiger partial charge in [0.2, 0.25) is 0 Å². The third-order valence-corrected chi connectivity index (χ3v) is 4.94. The molecule has 4 rings (SSSR count). The van der Waals surface area contributed by atoms with Crippen molar-refractivity contribution in [3.8, 4) is 28.0 Å². The highest BCUT2D eigenvalue weighted by molar-refractivity contribution is 5.91. The van der Waals surface area contributed by atoms with E-state index in [1.807, 2.05) is 54.6 Å². The first-order chi connectivity index (χ1) is 15.6. The number of carbonyl (C=O) groups excluding carboxylic acids is 2. The van der Waals surface area contributed by atoms with Crippen LogP contribution in [0.1, 0.15) is 20.7 Å². The molecular formula is C28H20O4. The summed E-state index contributed by atoms with van der Waals surface area (Å²) in [6.07, 6.45) is 1.12. The molecule has 0 radical (unpaired) electrons. The smallest absolute Gasteiger partial charge is 0.343 e. The number of rotatable bonds is 6. The van der Waals surface area contributed by atoms with Gasteiger partial charge in [-0.25, -0.2) is 9.59 Å². The summed E-state index contributed by atoms with van der Waals surface area (Å²) in [4.78, 5) is 23.9. The molecule has 4 aromatic carbocycles. The molecule has 0 spiro atoms. The molecule has 4 nitrogen and oxygen atoms in total. The molecule has 0 N–H and O–H groups in total. The molecule has 0 bridgehead atoms. The second kappa shape index (κ2) is 9.58. The van der Waals surface area contributed by atoms with Crippen molar-refractivity contribution in [1.82, 2.24) is 0 Å². The van der Waals surface area contributed by atoms with E-state index in [1.165, 1.54) is 0 Å². The second-order valence-electron chi connectivity index (χ2n) is 7.01. The number of esters is 2. The average Bonchev–Trinajstić information content (AvgIpc) is 2.85. The molecule has 0 saturated heterocycles. The topological polar surface area (TPSA) is 52.6 Å². The van der Waals surface area contributed by atoms with Crippen molar-refractivity contribution in [3.05, 3.63) is 127 Å². The summed E-state index contributed by atoms with van der Waals surface area (Å²) in [5, 5.41) is 0.